The van der Waals surface area contributed by atoms with Crippen LogP contribution in [0.2, 0.25) is 0 Å². The fraction of sp³-hybridized carbons (Fsp3) is 0. The maximum atomic E-state index is 6.54. The highest BCUT2D eigenvalue weighted by Gasteiger charge is 2.21. The Kier molecular flexibility index (Phi) is 7.64. The largest absolute Gasteiger partial charge is 0.456 e. The number of aromatic nitrogens is 3. The zero-order valence-corrected chi connectivity index (χ0v) is 30.9. The fourth-order valence-corrected chi connectivity index (χ4v) is 9.16. The SMILES string of the molecule is c1ccc(-c2cccc(-c3nc(-c4ccccc4)nc(-c4cccc5c4sc4cccc(-c6cc(-c7ccccc7)cc7oc8ccccc8c67)c45)n3)c2)cc1. The average molecular weight is 734 g/mol. The fourth-order valence-electron chi connectivity index (χ4n) is 7.92. The van der Waals surface area contributed by atoms with Crippen LogP contribution in [0, 0.1) is 0 Å². The molecule has 262 valence electrons. The quantitative estimate of drug-likeness (QED) is 0.171. The summed E-state index contributed by atoms with van der Waals surface area (Å²) in [4.78, 5) is 15.5. The first-order valence-corrected chi connectivity index (χ1v) is 19.5. The van der Waals surface area contributed by atoms with E-state index in [0.717, 1.165) is 71.1 Å². The minimum absolute atomic E-state index is 0.636. The number of rotatable bonds is 6. The Bertz CT molecular complexity index is 3240. The molecule has 4 nitrogen and oxygen atoms in total. The molecule has 0 saturated carbocycles. The molecule has 0 unspecified atom stereocenters. The van der Waals surface area contributed by atoms with Crippen molar-refractivity contribution in [1.29, 1.82) is 0 Å². The molecule has 5 heteroatoms. The Morgan fingerprint density at radius 1 is 0.339 bits per heavy atom. The van der Waals surface area contributed by atoms with E-state index in [9.17, 15) is 0 Å². The zero-order valence-electron chi connectivity index (χ0n) is 30.1. The number of benzene rings is 8. The van der Waals surface area contributed by atoms with Crippen LogP contribution in [-0.4, -0.2) is 15.0 Å². The second-order valence-corrected chi connectivity index (χ2v) is 15.0. The summed E-state index contributed by atoms with van der Waals surface area (Å²) in [7, 11) is 0. The molecular weight excluding hydrogens is 703 g/mol. The number of fused-ring (bicyclic) bond motifs is 6. The molecule has 0 spiro atoms. The van der Waals surface area contributed by atoms with Crippen LogP contribution in [0.25, 0.3) is 110 Å². The van der Waals surface area contributed by atoms with Gasteiger partial charge in [0.2, 0.25) is 0 Å². The van der Waals surface area contributed by atoms with Crippen LogP contribution in [-0.2, 0) is 0 Å². The van der Waals surface area contributed by atoms with E-state index in [1.165, 1.54) is 21.0 Å². The molecule has 0 aliphatic rings. The van der Waals surface area contributed by atoms with Gasteiger partial charge in [-0.3, -0.25) is 0 Å². The van der Waals surface area contributed by atoms with Crippen LogP contribution in [0.5, 0.6) is 0 Å². The van der Waals surface area contributed by atoms with E-state index in [-0.39, 0.29) is 0 Å². The lowest BCUT2D eigenvalue weighted by molar-refractivity contribution is 0.669. The molecule has 0 N–H and O–H groups in total. The van der Waals surface area contributed by atoms with Gasteiger partial charge in [-0.05, 0) is 69.8 Å². The summed E-state index contributed by atoms with van der Waals surface area (Å²) in [5, 5.41) is 4.60. The molecule has 0 aliphatic heterocycles. The Morgan fingerprint density at radius 3 is 1.70 bits per heavy atom. The van der Waals surface area contributed by atoms with E-state index in [1.807, 2.05) is 30.3 Å². The molecule has 0 amide bonds. The average Bonchev–Trinajstić information content (AvgIpc) is 3.86. The van der Waals surface area contributed by atoms with Gasteiger partial charge in [0.05, 0.1) is 0 Å². The highest BCUT2D eigenvalue weighted by molar-refractivity contribution is 7.26. The van der Waals surface area contributed by atoms with Gasteiger partial charge in [0.1, 0.15) is 11.2 Å². The summed E-state index contributed by atoms with van der Waals surface area (Å²) in [5.41, 5.74) is 11.5. The monoisotopic (exact) mass is 733 g/mol. The van der Waals surface area contributed by atoms with Crippen molar-refractivity contribution in [3.8, 4) is 67.5 Å². The molecule has 0 bridgehead atoms. The molecular formula is C51H31N3OS. The first kappa shape index (κ1) is 32.2. The van der Waals surface area contributed by atoms with Gasteiger partial charge in [-0.1, -0.05) is 152 Å². The van der Waals surface area contributed by atoms with Gasteiger partial charge >= 0.3 is 0 Å². The smallest absolute Gasteiger partial charge is 0.165 e. The van der Waals surface area contributed by atoms with Gasteiger partial charge in [-0.2, -0.15) is 0 Å². The minimum Gasteiger partial charge on any atom is -0.456 e. The topological polar surface area (TPSA) is 51.8 Å². The summed E-state index contributed by atoms with van der Waals surface area (Å²) >= 11 is 1.78. The molecule has 11 aromatic rings. The summed E-state index contributed by atoms with van der Waals surface area (Å²) in [6.07, 6.45) is 0. The van der Waals surface area contributed by atoms with Crippen molar-refractivity contribution in [2.75, 3.05) is 0 Å². The van der Waals surface area contributed by atoms with Crippen LogP contribution in [0.3, 0.4) is 0 Å². The van der Waals surface area contributed by atoms with Crippen molar-refractivity contribution in [3.05, 3.63) is 188 Å². The van der Waals surface area contributed by atoms with E-state index in [1.54, 1.807) is 11.3 Å². The first-order valence-electron chi connectivity index (χ1n) is 18.7. The number of furan rings is 1. The zero-order chi connectivity index (χ0) is 37.0. The van der Waals surface area contributed by atoms with Gasteiger partial charge < -0.3 is 4.42 Å². The van der Waals surface area contributed by atoms with Gasteiger partial charge in [0.25, 0.3) is 0 Å². The predicted molar refractivity (Wildman–Crippen MR) is 233 cm³/mol. The maximum absolute atomic E-state index is 6.54. The number of nitrogens with zero attached hydrogens (tertiary/aromatic N) is 3. The molecule has 0 saturated heterocycles. The van der Waals surface area contributed by atoms with Crippen molar-refractivity contribution in [2.24, 2.45) is 0 Å². The molecule has 0 fully saturated rings. The van der Waals surface area contributed by atoms with Gasteiger partial charge in [0.15, 0.2) is 17.5 Å². The van der Waals surface area contributed by atoms with E-state index in [4.69, 9.17) is 19.4 Å². The third-order valence-electron chi connectivity index (χ3n) is 10.5. The predicted octanol–water partition coefficient (Wildman–Crippen LogP) is 14.1. The van der Waals surface area contributed by atoms with Crippen molar-refractivity contribution in [1.82, 2.24) is 15.0 Å². The number of thiophene rings is 1. The van der Waals surface area contributed by atoms with Gasteiger partial charge in [0, 0.05) is 47.6 Å². The van der Waals surface area contributed by atoms with Crippen LogP contribution >= 0.6 is 11.3 Å². The Hall–Kier alpha value is -7.21. The Morgan fingerprint density at radius 2 is 0.911 bits per heavy atom. The minimum atomic E-state index is 0.636. The summed E-state index contributed by atoms with van der Waals surface area (Å²) in [6.45, 7) is 0. The van der Waals surface area contributed by atoms with Crippen LogP contribution in [0.1, 0.15) is 0 Å². The lowest BCUT2D eigenvalue weighted by Crippen LogP contribution is -2.00. The molecule has 3 aromatic heterocycles. The summed E-state index contributed by atoms with van der Waals surface area (Å²) in [5.74, 6) is 1.92. The summed E-state index contributed by atoms with van der Waals surface area (Å²) < 4.78 is 8.88. The van der Waals surface area contributed by atoms with Crippen LogP contribution in [0.15, 0.2) is 192 Å². The van der Waals surface area contributed by atoms with E-state index < -0.39 is 0 Å². The maximum Gasteiger partial charge on any atom is 0.165 e. The normalized spacial score (nSPS) is 11.6. The van der Waals surface area contributed by atoms with E-state index >= 15 is 0 Å². The van der Waals surface area contributed by atoms with Crippen molar-refractivity contribution in [3.63, 3.8) is 0 Å². The van der Waals surface area contributed by atoms with Crippen LogP contribution < -0.4 is 0 Å². The van der Waals surface area contributed by atoms with Crippen molar-refractivity contribution in [2.45, 2.75) is 0 Å². The molecule has 56 heavy (non-hydrogen) atoms. The second kappa shape index (κ2) is 13.3. The molecule has 0 aliphatic carbocycles. The number of hydrogen-bond acceptors (Lipinski definition) is 5. The standard InChI is InChI=1S/C51H31N3OS/c1-4-15-32(16-5-1)35-21-12-22-36(29-35)50-52-49(34-19-8-3-9-20-34)53-51(54-50)41-26-13-25-40-47-38(24-14-28-45(47)56-48(40)41)42-30-37(33-17-6-2-7-18-33)31-44-46(42)39-23-10-11-27-43(39)55-44/h1-31H. The Balaban J connectivity index is 1.14. The highest BCUT2D eigenvalue weighted by atomic mass is 32.1. The number of para-hydroxylation sites is 1. The first-order chi connectivity index (χ1) is 27.7. The molecule has 0 radical (unpaired) electrons. The lowest BCUT2D eigenvalue weighted by Gasteiger charge is -2.11. The second-order valence-electron chi connectivity index (χ2n) is 13.9. The van der Waals surface area contributed by atoms with Gasteiger partial charge in [-0.25, -0.2) is 15.0 Å². The summed E-state index contributed by atoms with van der Waals surface area (Å²) in [6, 6.07) is 65.6. The van der Waals surface area contributed by atoms with Gasteiger partial charge in [-0.15, -0.1) is 11.3 Å². The third kappa shape index (κ3) is 5.48. The van der Waals surface area contributed by atoms with Crippen molar-refractivity contribution >= 4 is 53.4 Å². The van der Waals surface area contributed by atoms with E-state index in [2.05, 4.69) is 158 Å². The third-order valence-corrected chi connectivity index (χ3v) is 11.7. The highest BCUT2D eigenvalue weighted by Crippen LogP contribution is 2.47. The molecule has 3 heterocycles. The van der Waals surface area contributed by atoms with Crippen molar-refractivity contribution < 1.29 is 4.42 Å². The molecule has 8 aromatic carbocycles. The molecule has 0 atom stereocenters. The number of hydrogen-bond donors (Lipinski definition) is 0. The van der Waals surface area contributed by atoms with Crippen LogP contribution in [0.4, 0.5) is 0 Å². The lowest BCUT2D eigenvalue weighted by atomic mass is 9.92. The van der Waals surface area contributed by atoms with E-state index in [0.29, 0.717) is 17.5 Å². The molecule has 11 rings (SSSR count). The Labute approximate surface area is 327 Å².